The second-order valence-electron chi connectivity index (χ2n) is 5.39. The number of aromatic amines is 1. The van der Waals surface area contributed by atoms with Gasteiger partial charge in [0.25, 0.3) is 0 Å². The highest BCUT2D eigenvalue weighted by atomic mass is 32.1. The van der Waals surface area contributed by atoms with E-state index in [-0.39, 0.29) is 0 Å². The van der Waals surface area contributed by atoms with Gasteiger partial charge < -0.3 is 0 Å². The first-order valence-electron chi connectivity index (χ1n) is 7.43. The second-order valence-corrected chi connectivity index (χ2v) is 6.98. The lowest BCUT2D eigenvalue weighted by Crippen LogP contribution is -2.25. The molecular weight excluding hydrogens is 354 g/mol. The van der Waals surface area contributed by atoms with E-state index in [2.05, 4.69) is 41.4 Å². The quantitative estimate of drug-likeness (QED) is 0.374. The van der Waals surface area contributed by atoms with Gasteiger partial charge in [0.1, 0.15) is 0 Å². The Morgan fingerprint density at radius 1 is 1.12 bits per heavy atom. The van der Waals surface area contributed by atoms with Crippen LogP contribution in [0.5, 0.6) is 0 Å². The molecule has 0 saturated carbocycles. The summed E-state index contributed by atoms with van der Waals surface area (Å²) in [7, 11) is 0. The van der Waals surface area contributed by atoms with Gasteiger partial charge in [-0.05, 0) is 41.2 Å². The van der Waals surface area contributed by atoms with Crippen LogP contribution in [-0.4, -0.2) is 24.5 Å². The number of H-pyrrole nitrogens is 1. The zero-order valence-electron chi connectivity index (χ0n) is 12.7. The molecule has 9 heteroatoms. The van der Waals surface area contributed by atoms with Gasteiger partial charge in [-0.2, -0.15) is 20.8 Å². The first-order valence-corrected chi connectivity index (χ1v) is 9.15. The third-order valence-corrected chi connectivity index (χ3v) is 5.43. The Morgan fingerprint density at radius 3 is 2.92 bits per heavy atom. The number of hydrogen-bond acceptors (Lipinski definition) is 8. The van der Waals surface area contributed by atoms with Crippen molar-refractivity contribution in [1.82, 2.24) is 24.5 Å². The molecule has 5 rings (SSSR count). The molecule has 0 radical (unpaired) electrons. The van der Waals surface area contributed by atoms with Crippen LogP contribution in [0, 0.1) is 0 Å². The Hall–Kier alpha value is -2.88. The van der Waals surface area contributed by atoms with Crippen LogP contribution in [0.2, 0.25) is 0 Å². The van der Waals surface area contributed by atoms with Crippen molar-refractivity contribution in [2.24, 2.45) is 5.84 Å². The maximum absolute atomic E-state index is 6.29. The van der Waals surface area contributed by atoms with Crippen molar-refractivity contribution in [1.29, 1.82) is 0 Å². The summed E-state index contributed by atoms with van der Waals surface area (Å²) in [5, 5.41) is 13.9. The molecule has 7 nitrogen and oxygen atoms in total. The third-order valence-electron chi connectivity index (χ3n) is 3.93. The number of hydrogen-bond donors (Lipinski definition) is 2. The topological polar surface area (TPSA) is 96.6 Å². The number of hydrazine groups is 1. The monoisotopic (exact) mass is 365 g/mol. The average molecular weight is 365 g/mol. The highest BCUT2D eigenvalue weighted by Crippen LogP contribution is 2.35. The fraction of sp³-hybridized carbons (Fsp3) is 0. The summed E-state index contributed by atoms with van der Waals surface area (Å²) in [6.07, 6.45) is 3.23. The third kappa shape index (κ3) is 2.29. The zero-order valence-corrected chi connectivity index (χ0v) is 14.4. The average Bonchev–Trinajstić information content (AvgIpc) is 3.38. The predicted molar refractivity (Wildman–Crippen MR) is 101 cm³/mol. The molecule has 0 unspecified atom stereocenters. The molecule has 0 aliphatic heterocycles. The molecule has 3 N–H and O–H groups in total. The summed E-state index contributed by atoms with van der Waals surface area (Å²) in [6.45, 7) is 0. The smallest absolute Gasteiger partial charge is 0.197 e. The number of nitrogens with two attached hydrogens (primary N) is 1. The summed E-state index contributed by atoms with van der Waals surface area (Å²) >= 11 is 3.13. The molecule has 4 aromatic heterocycles. The molecule has 0 aliphatic carbocycles. The van der Waals surface area contributed by atoms with Crippen LogP contribution in [0.15, 0.2) is 47.4 Å². The lowest BCUT2D eigenvalue weighted by molar-refractivity contribution is 1.00. The summed E-state index contributed by atoms with van der Waals surface area (Å²) in [4.78, 5) is 8.49. The van der Waals surface area contributed by atoms with Crippen molar-refractivity contribution < 1.29 is 0 Å². The van der Waals surface area contributed by atoms with Gasteiger partial charge >= 0.3 is 0 Å². The van der Waals surface area contributed by atoms with E-state index in [9.17, 15) is 0 Å². The minimum absolute atomic E-state index is 0.532. The molecule has 122 valence electrons. The highest BCUT2D eigenvalue weighted by molar-refractivity contribution is 7.13. The van der Waals surface area contributed by atoms with Gasteiger partial charge in [-0.1, -0.05) is 0 Å². The molecule has 0 aliphatic rings. The van der Waals surface area contributed by atoms with Crippen molar-refractivity contribution in [3.05, 3.63) is 47.4 Å². The molecule has 5 aromatic rings. The number of fused-ring (bicyclic) bond motifs is 2. The van der Waals surface area contributed by atoms with E-state index in [0.29, 0.717) is 17.0 Å². The van der Waals surface area contributed by atoms with Gasteiger partial charge in [-0.3, -0.25) is 10.1 Å². The molecule has 0 spiro atoms. The standard InChI is InChI=1S/C16H11N7S2/c17-23(16-14-15(20-21-16)19-5-4-18-14)10-1-2-11-12(7-10)25-22-13(11)9-3-6-24-8-9/h1-8H,17H2,(H,19,20,21). The molecule has 0 fully saturated rings. The number of aromatic nitrogens is 5. The van der Waals surface area contributed by atoms with Crippen molar-refractivity contribution in [2.45, 2.75) is 0 Å². The summed E-state index contributed by atoms with van der Waals surface area (Å²) in [5.41, 5.74) is 4.20. The van der Waals surface area contributed by atoms with Gasteiger partial charge in [0.05, 0.1) is 16.1 Å². The van der Waals surface area contributed by atoms with Crippen LogP contribution in [0.4, 0.5) is 11.5 Å². The summed E-state index contributed by atoms with van der Waals surface area (Å²) < 4.78 is 5.67. The summed E-state index contributed by atoms with van der Waals surface area (Å²) in [6, 6.07) is 8.10. The number of benzene rings is 1. The molecule has 0 atom stereocenters. The highest BCUT2D eigenvalue weighted by Gasteiger charge is 2.16. The van der Waals surface area contributed by atoms with Crippen LogP contribution >= 0.6 is 22.9 Å². The number of rotatable bonds is 3. The van der Waals surface area contributed by atoms with Crippen molar-refractivity contribution in [3.63, 3.8) is 0 Å². The Bertz CT molecular complexity index is 1180. The Kier molecular flexibility index (Phi) is 3.23. The lowest BCUT2D eigenvalue weighted by Gasteiger charge is -2.15. The van der Waals surface area contributed by atoms with Crippen molar-refractivity contribution >= 4 is 55.6 Å². The van der Waals surface area contributed by atoms with E-state index in [1.807, 2.05) is 18.2 Å². The van der Waals surface area contributed by atoms with Crippen molar-refractivity contribution in [3.8, 4) is 11.3 Å². The maximum atomic E-state index is 6.29. The number of anilines is 2. The van der Waals surface area contributed by atoms with Gasteiger partial charge in [0, 0.05) is 28.7 Å². The zero-order chi connectivity index (χ0) is 16.8. The lowest BCUT2D eigenvalue weighted by atomic mass is 10.1. The largest absolute Gasteiger partial charge is 0.259 e. The first-order chi connectivity index (χ1) is 12.3. The molecule has 0 saturated heterocycles. The van der Waals surface area contributed by atoms with Crippen LogP contribution in [0.3, 0.4) is 0 Å². The van der Waals surface area contributed by atoms with E-state index >= 15 is 0 Å². The van der Waals surface area contributed by atoms with Gasteiger partial charge in [0.15, 0.2) is 17.0 Å². The fourth-order valence-electron chi connectivity index (χ4n) is 2.72. The summed E-state index contributed by atoms with van der Waals surface area (Å²) in [5.74, 6) is 6.82. The van der Waals surface area contributed by atoms with E-state index in [1.54, 1.807) is 23.7 Å². The van der Waals surface area contributed by atoms with Gasteiger partial charge in [0.2, 0.25) is 0 Å². The van der Waals surface area contributed by atoms with E-state index in [1.165, 1.54) is 16.5 Å². The fourth-order valence-corrected chi connectivity index (χ4v) is 4.19. The SMILES string of the molecule is NN(c1ccc2c(-c3ccsc3)nsc2c1)c1n[nH]c2nccnc12. The van der Waals surface area contributed by atoms with E-state index < -0.39 is 0 Å². The van der Waals surface area contributed by atoms with Crippen LogP contribution in [0.25, 0.3) is 32.5 Å². The van der Waals surface area contributed by atoms with Crippen LogP contribution in [-0.2, 0) is 0 Å². The van der Waals surface area contributed by atoms with Crippen molar-refractivity contribution in [2.75, 3.05) is 5.01 Å². The normalized spacial score (nSPS) is 11.4. The van der Waals surface area contributed by atoms with Gasteiger partial charge in [-0.25, -0.2) is 15.8 Å². The minimum Gasteiger partial charge on any atom is -0.259 e. The molecule has 0 amide bonds. The number of thiophene rings is 1. The Balaban J connectivity index is 1.59. The Labute approximate surface area is 149 Å². The van der Waals surface area contributed by atoms with Crippen LogP contribution in [0.1, 0.15) is 0 Å². The molecule has 25 heavy (non-hydrogen) atoms. The molecular formula is C16H11N7S2. The Morgan fingerprint density at radius 2 is 2.04 bits per heavy atom. The first kappa shape index (κ1) is 14.5. The number of nitrogens with one attached hydrogen (secondary N) is 1. The molecule has 0 bridgehead atoms. The number of nitrogens with zero attached hydrogens (tertiary/aromatic N) is 5. The minimum atomic E-state index is 0.532. The molecule has 4 heterocycles. The van der Waals surface area contributed by atoms with Crippen LogP contribution < -0.4 is 10.9 Å². The van der Waals surface area contributed by atoms with Gasteiger partial charge in [-0.15, -0.1) is 0 Å². The second kappa shape index (κ2) is 5.59. The van der Waals surface area contributed by atoms with E-state index in [4.69, 9.17) is 5.84 Å². The molecule has 1 aromatic carbocycles. The maximum Gasteiger partial charge on any atom is 0.197 e. The predicted octanol–water partition coefficient (Wildman–Crippen LogP) is 3.70. The van der Waals surface area contributed by atoms with E-state index in [0.717, 1.165) is 27.0 Å².